The highest BCUT2D eigenvalue weighted by molar-refractivity contribution is 5.95. The topological polar surface area (TPSA) is 102 Å². The van der Waals surface area contributed by atoms with E-state index < -0.39 is 0 Å². The lowest BCUT2D eigenvalue weighted by Crippen LogP contribution is -2.25. The molecule has 1 aliphatic rings. The maximum Gasteiger partial charge on any atom is 0.233 e. The molecule has 0 saturated carbocycles. The third kappa shape index (κ3) is 2.65. The zero-order chi connectivity index (χ0) is 18.3. The predicted molar refractivity (Wildman–Crippen MR) is 93.6 cm³/mol. The maximum atomic E-state index is 12.3. The molecule has 0 radical (unpaired) electrons. The van der Waals surface area contributed by atoms with Crippen LogP contribution in [-0.2, 0) is 4.79 Å². The van der Waals surface area contributed by atoms with Crippen LogP contribution in [-0.4, -0.2) is 38.1 Å². The lowest BCUT2D eigenvalue weighted by Gasteiger charge is -2.24. The number of phenols is 1. The van der Waals surface area contributed by atoms with Gasteiger partial charge in [-0.15, -0.1) is 10.2 Å². The van der Waals surface area contributed by atoms with Gasteiger partial charge < -0.3 is 15.2 Å². The Morgan fingerprint density at radius 1 is 1.19 bits per heavy atom. The van der Waals surface area contributed by atoms with Gasteiger partial charge in [0.2, 0.25) is 11.8 Å². The van der Waals surface area contributed by atoms with Crippen molar-refractivity contribution in [2.24, 2.45) is 0 Å². The van der Waals surface area contributed by atoms with Crippen LogP contribution in [0.4, 0.5) is 5.82 Å². The molecule has 26 heavy (non-hydrogen) atoms. The number of aromatic nitrogens is 4. The normalized spacial score (nSPS) is 16.1. The van der Waals surface area contributed by atoms with E-state index in [1.54, 1.807) is 28.9 Å². The average Bonchev–Trinajstić information content (AvgIpc) is 2.98. The van der Waals surface area contributed by atoms with Crippen molar-refractivity contribution in [1.82, 2.24) is 20.0 Å². The van der Waals surface area contributed by atoms with Gasteiger partial charge in [0.15, 0.2) is 5.82 Å². The molecule has 2 N–H and O–H groups in total. The Kier molecular flexibility index (Phi) is 3.80. The molecule has 0 saturated heterocycles. The Hall–Kier alpha value is -3.42. The van der Waals surface area contributed by atoms with Crippen molar-refractivity contribution < 1.29 is 14.6 Å². The number of fused-ring (bicyclic) bond motifs is 1. The average molecular weight is 351 g/mol. The quantitative estimate of drug-likeness (QED) is 0.750. The van der Waals surface area contributed by atoms with Crippen molar-refractivity contribution in [3.8, 4) is 17.4 Å². The third-order valence-electron chi connectivity index (χ3n) is 4.45. The monoisotopic (exact) mass is 351 g/mol. The second-order valence-corrected chi connectivity index (χ2v) is 6.09. The van der Waals surface area contributed by atoms with Crippen LogP contribution in [0, 0.1) is 6.92 Å². The molecule has 2 aromatic heterocycles. The number of phenolic OH excluding ortho intramolecular Hbond substituents is 1. The molecule has 0 aliphatic carbocycles. The van der Waals surface area contributed by atoms with Gasteiger partial charge in [0.1, 0.15) is 11.6 Å². The van der Waals surface area contributed by atoms with Gasteiger partial charge in [-0.3, -0.25) is 4.79 Å². The summed E-state index contributed by atoms with van der Waals surface area (Å²) in [6.45, 7) is 1.90. The van der Waals surface area contributed by atoms with E-state index in [2.05, 4.69) is 20.6 Å². The van der Waals surface area contributed by atoms with E-state index in [-0.39, 0.29) is 17.6 Å². The molecule has 3 heterocycles. The van der Waals surface area contributed by atoms with Crippen molar-refractivity contribution in [1.29, 1.82) is 0 Å². The number of carbonyl (C=O) groups excluding carboxylic acids is 1. The van der Waals surface area contributed by atoms with Crippen molar-refractivity contribution >= 4 is 11.7 Å². The minimum Gasteiger partial charge on any atom is -0.508 e. The number of amides is 1. The smallest absolute Gasteiger partial charge is 0.233 e. The Morgan fingerprint density at radius 3 is 2.62 bits per heavy atom. The molecule has 1 atom stereocenters. The first-order chi connectivity index (χ1) is 12.6. The van der Waals surface area contributed by atoms with E-state index in [0.717, 1.165) is 16.8 Å². The van der Waals surface area contributed by atoms with Crippen LogP contribution < -0.4 is 10.1 Å². The third-order valence-corrected chi connectivity index (χ3v) is 4.45. The highest BCUT2D eigenvalue weighted by Gasteiger charge is 2.32. The van der Waals surface area contributed by atoms with Crippen LogP contribution in [0.15, 0.2) is 36.4 Å². The zero-order valence-corrected chi connectivity index (χ0v) is 14.3. The summed E-state index contributed by atoms with van der Waals surface area (Å²) in [5.74, 6) is 1.43. The van der Waals surface area contributed by atoms with Crippen LogP contribution in [0.2, 0.25) is 0 Å². The number of carbonyl (C=O) groups is 1. The molecule has 0 fully saturated rings. The van der Waals surface area contributed by atoms with E-state index >= 15 is 0 Å². The largest absolute Gasteiger partial charge is 0.508 e. The summed E-state index contributed by atoms with van der Waals surface area (Å²) in [6, 6.07) is 10.3. The van der Waals surface area contributed by atoms with Crippen LogP contribution in [0.25, 0.3) is 5.82 Å². The van der Waals surface area contributed by atoms with Gasteiger partial charge in [0, 0.05) is 24.0 Å². The molecule has 1 aromatic carbocycles. The standard InChI is InChI=1S/C18H17N5O3/c1-10-17-13(11-3-5-12(24)6-4-11)9-15(25)19-18(17)23(22-10)14-7-8-16(26-2)21-20-14/h3-8,13,24H,9H2,1-2H3,(H,19,25)/t13-/m1/s1. The Bertz CT molecular complexity index is 964. The molecule has 1 aliphatic heterocycles. The van der Waals surface area contributed by atoms with E-state index in [4.69, 9.17) is 4.74 Å². The number of anilines is 1. The molecule has 8 nitrogen and oxygen atoms in total. The van der Waals surface area contributed by atoms with Gasteiger partial charge >= 0.3 is 0 Å². The number of aromatic hydroxyl groups is 1. The summed E-state index contributed by atoms with van der Waals surface area (Å²) >= 11 is 0. The summed E-state index contributed by atoms with van der Waals surface area (Å²) in [7, 11) is 1.52. The molecular weight excluding hydrogens is 334 g/mol. The van der Waals surface area contributed by atoms with Crippen molar-refractivity contribution in [2.75, 3.05) is 12.4 Å². The van der Waals surface area contributed by atoms with E-state index in [9.17, 15) is 9.90 Å². The Labute approximate surface area is 149 Å². The minimum absolute atomic E-state index is 0.0989. The first-order valence-corrected chi connectivity index (χ1v) is 8.13. The molecule has 3 aromatic rings. The summed E-state index contributed by atoms with van der Waals surface area (Å²) < 4.78 is 6.62. The predicted octanol–water partition coefficient (Wildman–Crippen LogP) is 2.16. The zero-order valence-electron chi connectivity index (χ0n) is 14.3. The molecule has 0 bridgehead atoms. The number of benzene rings is 1. The van der Waals surface area contributed by atoms with Gasteiger partial charge in [0.25, 0.3) is 0 Å². The fraction of sp³-hybridized carbons (Fsp3) is 0.222. The van der Waals surface area contributed by atoms with Crippen LogP contribution in [0.1, 0.15) is 29.2 Å². The van der Waals surface area contributed by atoms with Crippen LogP contribution >= 0.6 is 0 Å². The molecule has 4 rings (SSSR count). The molecule has 8 heteroatoms. The number of rotatable bonds is 3. The molecule has 0 unspecified atom stereocenters. The summed E-state index contributed by atoms with van der Waals surface area (Å²) in [5, 5.41) is 25.1. The number of nitrogens with one attached hydrogen (secondary N) is 1. The summed E-state index contributed by atoms with van der Waals surface area (Å²) in [4.78, 5) is 12.3. The number of hydrogen-bond donors (Lipinski definition) is 2. The number of aryl methyl sites for hydroxylation is 1. The van der Waals surface area contributed by atoms with Crippen molar-refractivity contribution in [3.05, 3.63) is 53.2 Å². The highest BCUT2D eigenvalue weighted by atomic mass is 16.5. The molecular formula is C18H17N5O3. The van der Waals surface area contributed by atoms with Crippen molar-refractivity contribution in [2.45, 2.75) is 19.3 Å². The number of hydrogen-bond acceptors (Lipinski definition) is 6. The molecule has 132 valence electrons. The SMILES string of the molecule is COc1ccc(-n2nc(C)c3c2NC(=O)C[C@@H]3c2ccc(O)cc2)nn1. The Balaban J connectivity index is 1.82. The fourth-order valence-electron chi connectivity index (χ4n) is 3.24. The lowest BCUT2D eigenvalue weighted by atomic mass is 9.86. The van der Waals surface area contributed by atoms with E-state index in [1.165, 1.54) is 7.11 Å². The van der Waals surface area contributed by atoms with Gasteiger partial charge in [-0.05, 0) is 30.7 Å². The molecule has 1 amide bonds. The first-order valence-electron chi connectivity index (χ1n) is 8.13. The molecule has 0 spiro atoms. The van der Waals surface area contributed by atoms with Gasteiger partial charge in [-0.1, -0.05) is 12.1 Å². The second kappa shape index (κ2) is 6.14. The number of ether oxygens (including phenoxy) is 1. The Morgan fingerprint density at radius 2 is 1.96 bits per heavy atom. The van der Waals surface area contributed by atoms with Gasteiger partial charge in [-0.2, -0.15) is 9.78 Å². The van der Waals surface area contributed by atoms with Crippen molar-refractivity contribution in [3.63, 3.8) is 0 Å². The number of methoxy groups -OCH3 is 1. The lowest BCUT2D eigenvalue weighted by molar-refractivity contribution is -0.116. The van der Waals surface area contributed by atoms with Gasteiger partial charge in [0.05, 0.1) is 12.8 Å². The second-order valence-electron chi connectivity index (χ2n) is 6.09. The number of nitrogens with zero attached hydrogens (tertiary/aromatic N) is 4. The van der Waals surface area contributed by atoms with E-state index in [0.29, 0.717) is 23.9 Å². The first kappa shape index (κ1) is 16.1. The van der Waals surface area contributed by atoms with E-state index in [1.807, 2.05) is 19.1 Å². The fourth-order valence-corrected chi connectivity index (χ4v) is 3.24. The minimum atomic E-state index is -0.140. The van der Waals surface area contributed by atoms with Crippen LogP contribution in [0.5, 0.6) is 11.6 Å². The maximum absolute atomic E-state index is 12.3. The highest BCUT2D eigenvalue weighted by Crippen LogP contribution is 2.40. The summed E-state index contributed by atoms with van der Waals surface area (Å²) in [6.07, 6.45) is 0.318. The summed E-state index contributed by atoms with van der Waals surface area (Å²) in [5.41, 5.74) is 2.69. The van der Waals surface area contributed by atoms with Gasteiger partial charge in [-0.25, -0.2) is 0 Å². The van der Waals surface area contributed by atoms with Crippen LogP contribution in [0.3, 0.4) is 0 Å².